The molecule has 0 saturated carbocycles. The maximum absolute atomic E-state index is 13.1. The number of hydrogen-bond donors (Lipinski definition) is 1. The first-order valence-electron chi connectivity index (χ1n) is 9.82. The summed E-state index contributed by atoms with van der Waals surface area (Å²) >= 11 is 6.24. The highest BCUT2D eigenvalue weighted by Gasteiger charge is 2.22. The highest BCUT2D eigenvalue weighted by Crippen LogP contribution is 2.23. The van der Waals surface area contributed by atoms with Crippen molar-refractivity contribution >= 4 is 23.3 Å². The zero-order valence-corrected chi connectivity index (χ0v) is 18.2. The van der Waals surface area contributed by atoms with Crippen molar-refractivity contribution in [3.63, 3.8) is 0 Å². The number of aromatic nitrogens is 3. The summed E-state index contributed by atoms with van der Waals surface area (Å²) in [6, 6.07) is 13.6. The molecule has 0 fully saturated rings. The highest BCUT2D eigenvalue weighted by molar-refractivity contribution is 6.33. The fourth-order valence-corrected chi connectivity index (χ4v) is 3.30. The second kappa shape index (κ2) is 9.23. The van der Waals surface area contributed by atoms with Crippen molar-refractivity contribution in [2.75, 3.05) is 5.32 Å². The van der Waals surface area contributed by atoms with Crippen molar-refractivity contribution in [3.8, 4) is 5.75 Å². The van der Waals surface area contributed by atoms with Gasteiger partial charge in [-0.1, -0.05) is 41.0 Å². The van der Waals surface area contributed by atoms with Gasteiger partial charge in [-0.2, -0.15) is 5.10 Å². The van der Waals surface area contributed by atoms with E-state index in [2.05, 4.69) is 15.6 Å². The molecule has 2 heterocycles. The Labute approximate surface area is 188 Å². The molecular formula is C23H20ClFN4O3. The lowest BCUT2D eigenvalue weighted by Gasteiger charge is -2.07. The summed E-state index contributed by atoms with van der Waals surface area (Å²) in [5, 5.41) is 11.1. The van der Waals surface area contributed by atoms with Gasteiger partial charge in [0.15, 0.2) is 11.5 Å². The van der Waals surface area contributed by atoms with Gasteiger partial charge in [-0.05, 0) is 49.2 Å². The Kier molecular flexibility index (Phi) is 6.23. The van der Waals surface area contributed by atoms with E-state index in [1.165, 1.54) is 12.1 Å². The molecule has 4 rings (SSSR count). The van der Waals surface area contributed by atoms with E-state index >= 15 is 0 Å². The van der Waals surface area contributed by atoms with Gasteiger partial charge in [-0.3, -0.25) is 9.48 Å². The molecule has 32 heavy (non-hydrogen) atoms. The summed E-state index contributed by atoms with van der Waals surface area (Å²) in [5.74, 6) is 0.518. The van der Waals surface area contributed by atoms with Crippen LogP contribution in [0.5, 0.6) is 5.75 Å². The number of benzene rings is 2. The Bertz CT molecular complexity index is 1250. The number of ether oxygens (including phenoxy) is 1. The molecule has 0 atom stereocenters. The highest BCUT2D eigenvalue weighted by atomic mass is 35.5. The Morgan fingerprint density at radius 1 is 1.22 bits per heavy atom. The standard InChI is InChI=1S/C23H20ClFN4O3/c1-14-4-3-5-18(10-14)31-13-19-15(2)32-28-21(19)23(30)26-22-20(24)12-29(27-22)11-16-6-8-17(25)9-7-16/h3-10,12H,11,13H2,1-2H3,(H,26,27,30). The normalized spacial score (nSPS) is 10.9. The molecule has 0 radical (unpaired) electrons. The van der Waals surface area contributed by atoms with Gasteiger partial charge in [0, 0.05) is 6.20 Å². The summed E-state index contributed by atoms with van der Waals surface area (Å²) in [4.78, 5) is 12.8. The summed E-state index contributed by atoms with van der Waals surface area (Å²) in [6.45, 7) is 4.17. The fraction of sp³-hybridized carbons (Fsp3) is 0.174. The third-order valence-corrected chi connectivity index (χ3v) is 5.06. The van der Waals surface area contributed by atoms with Crippen LogP contribution in [0.1, 0.15) is 32.9 Å². The predicted octanol–water partition coefficient (Wildman–Crippen LogP) is 5.16. The molecule has 7 nitrogen and oxygen atoms in total. The fourth-order valence-electron chi connectivity index (χ4n) is 3.11. The van der Waals surface area contributed by atoms with Gasteiger partial charge >= 0.3 is 0 Å². The second-order valence-electron chi connectivity index (χ2n) is 7.27. The molecule has 164 valence electrons. The summed E-state index contributed by atoms with van der Waals surface area (Å²) in [6.07, 6.45) is 1.58. The van der Waals surface area contributed by atoms with Crippen LogP contribution in [0.4, 0.5) is 10.2 Å². The number of hydrogen-bond acceptors (Lipinski definition) is 5. The average molecular weight is 455 g/mol. The molecule has 0 aliphatic heterocycles. The van der Waals surface area contributed by atoms with Crippen molar-refractivity contribution in [3.05, 3.63) is 93.7 Å². The van der Waals surface area contributed by atoms with Gasteiger partial charge in [-0.25, -0.2) is 4.39 Å². The first kappa shape index (κ1) is 21.6. The Hall–Kier alpha value is -3.65. The predicted molar refractivity (Wildman–Crippen MR) is 117 cm³/mol. The monoisotopic (exact) mass is 454 g/mol. The van der Waals surface area contributed by atoms with E-state index < -0.39 is 5.91 Å². The van der Waals surface area contributed by atoms with Crippen molar-refractivity contribution in [2.24, 2.45) is 0 Å². The summed E-state index contributed by atoms with van der Waals surface area (Å²) in [5.41, 5.74) is 2.53. The molecule has 0 unspecified atom stereocenters. The third kappa shape index (κ3) is 4.97. The Morgan fingerprint density at radius 3 is 2.75 bits per heavy atom. The minimum atomic E-state index is -0.515. The number of carbonyl (C=O) groups is 1. The van der Waals surface area contributed by atoms with Crippen molar-refractivity contribution in [1.82, 2.24) is 14.9 Å². The van der Waals surface area contributed by atoms with Crippen LogP contribution in [0, 0.1) is 19.7 Å². The molecule has 0 aliphatic rings. The molecule has 9 heteroatoms. The Balaban J connectivity index is 1.46. The van der Waals surface area contributed by atoms with E-state index in [0.717, 1.165) is 11.1 Å². The van der Waals surface area contributed by atoms with Gasteiger partial charge in [-0.15, -0.1) is 0 Å². The molecule has 0 saturated heterocycles. The number of aryl methyl sites for hydroxylation is 2. The van der Waals surface area contributed by atoms with E-state index in [4.69, 9.17) is 20.9 Å². The quantitative estimate of drug-likeness (QED) is 0.417. The lowest BCUT2D eigenvalue weighted by atomic mass is 10.2. The molecule has 2 aromatic heterocycles. The molecule has 0 bridgehead atoms. The molecule has 4 aromatic rings. The minimum absolute atomic E-state index is 0.0966. The zero-order valence-electron chi connectivity index (χ0n) is 17.4. The van der Waals surface area contributed by atoms with Gasteiger partial charge in [0.05, 0.1) is 12.1 Å². The van der Waals surface area contributed by atoms with Crippen LogP contribution >= 0.6 is 11.6 Å². The van der Waals surface area contributed by atoms with Crippen molar-refractivity contribution in [2.45, 2.75) is 27.0 Å². The topological polar surface area (TPSA) is 82.2 Å². The zero-order chi connectivity index (χ0) is 22.7. The smallest absolute Gasteiger partial charge is 0.279 e. The molecule has 0 aliphatic carbocycles. The number of halogens is 2. The first-order valence-corrected chi connectivity index (χ1v) is 10.2. The molecular weight excluding hydrogens is 435 g/mol. The summed E-state index contributed by atoms with van der Waals surface area (Å²) in [7, 11) is 0. The summed E-state index contributed by atoms with van der Waals surface area (Å²) < 4.78 is 25.7. The molecule has 2 aromatic carbocycles. The minimum Gasteiger partial charge on any atom is -0.489 e. The van der Waals surface area contributed by atoms with Crippen LogP contribution in [0.15, 0.2) is 59.3 Å². The number of amides is 1. The van der Waals surface area contributed by atoms with Crippen molar-refractivity contribution in [1.29, 1.82) is 0 Å². The number of nitrogens with zero attached hydrogens (tertiary/aromatic N) is 3. The number of anilines is 1. The van der Waals surface area contributed by atoms with Crippen LogP contribution < -0.4 is 10.1 Å². The average Bonchev–Trinajstić information content (AvgIpc) is 3.30. The van der Waals surface area contributed by atoms with Gasteiger partial charge in [0.25, 0.3) is 5.91 Å². The largest absolute Gasteiger partial charge is 0.489 e. The van der Waals surface area contributed by atoms with Gasteiger partial charge in [0.1, 0.15) is 29.0 Å². The maximum Gasteiger partial charge on any atom is 0.279 e. The van der Waals surface area contributed by atoms with Crippen LogP contribution in [-0.4, -0.2) is 20.8 Å². The van der Waals surface area contributed by atoms with Gasteiger partial charge < -0.3 is 14.6 Å². The number of nitrogens with one attached hydrogen (secondary N) is 1. The molecule has 0 spiro atoms. The number of carbonyl (C=O) groups excluding carboxylic acids is 1. The van der Waals surface area contributed by atoms with Crippen LogP contribution in [0.2, 0.25) is 5.02 Å². The van der Waals surface area contributed by atoms with E-state index in [-0.39, 0.29) is 29.0 Å². The number of rotatable bonds is 7. The van der Waals surface area contributed by atoms with E-state index in [1.54, 1.807) is 29.9 Å². The van der Waals surface area contributed by atoms with E-state index in [0.29, 0.717) is 23.6 Å². The molecule has 1 amide bonds. The SMILES string of the molecule is Cc1cccc(OCc2c(C(=O)Nc3nn(Cc4ccc(F)cc4)cc3Cl)noc2C)c1. The lowest BCUT2D eigenvalue weighted by molar-refractivity contribution is 0.101. The first-order chi connectivity index (χ1) is 15.4. The second-order valence-corrected chi connectivity index (χ2v) is 7.68. The van der Waals surface area contributed by atoms with E-state index in [9.17, 15) is 9.18 Å². The van der Waals surface area contributed by atoms with Crippen LogP contribution in [-0.2, 0) is 13.2 Å². The van der Waals surface area contributed by atoms with Crippen molar-refractivity contribution < 1.29 is 18.4 Å². The lowest BCUT2D eigenvalue weighted by Crippen LogP contribution is -2.16. The third-order valence-electron chi connectivity index (χ3n) is 4.78. The molecule has 1 N–H and O–H groups in total. The maximum atomic E-state index is 13.1. The van der Waals surface area contributed by atoms with E-state index in [1.807, 2.05) is 31.2 Å². The van der Waals surface area contributed by atoms with Crippen LogP contribution in [0.3, 0.4) is 0 Å². The van der Waals surface area contributed by atoms with Gasteiger partial charge in [0.2, 0.25) is 0 Å². The Morgan fingerprint density at radius 2 is 2.00 bits per heavy atom. The van der Waals surface area contributed by atoms with Crippen LogP contribution in [0.25, 0.3) is 0 Å².